The molecule has 1 aromatic carbocycles. The van der Waals surface area contributed by atoms with Crippen LogP contribution in [0.4, 0.5) is 0 Å². The zero-order valence-corrected chi connectivity index (χ0v) is 14.0. The Morgan fingerprint density at radius 2 is 2.00 bits per heavy atom. The van der Waals surface area contributed by atoms with E-state index in [1.807, 2.05) is 12.1 Å². The highest BCUT2D eigenvalue weighted by atomic mass is 16.5. The standard InChI is InChI=1S/C19H20N2O4/c1-23-15-9-7-14(8-10-15)5-2-3-11-20-19(22)16-13-18(25-21-16)17-6-4-12-24-17/h4,6-10,12-13H,2-3,5,11H2,1H3,(H,20,22). The number of unbranched alkanes of at least 4 members (excludes halogenated alkanes) is 1. The van der Waals surface area contributed by atoms with Crippen LogP contribution >= 0.6 is 0 Å². The Kier molecular flexibility index (Phi) is 5.51. The monoisotopic (exact) mass is 340 g/mol. The van der Waals surface area contributed by atoms with Crippen molar-refractivity contribution in [3.8, 4) is 17.3 Å². The smallest absolute Gasteiger partial charge is 0.273 e. The number of amides is 1. The number of ether oxygens (including phenoxy) is 1. The molecule has 0 spiro atoms. The lowest BCUT2D eigenvalue weighted by molar-refractivity contribution is 0.0944. The fourth-order valence-corrected chi connectivity index (χ4v) is 2.46. The van der Waals surface area contributed by atoms with Crippen molar-refractivity contribution in [2.45, 2.75) is 19.3 Å². The average Bonchev–Trinajstić information content (AvgIpc) is 3.33. The van der Waals surface area contributed by atoms with Gasteiger partial charge in [0.05, 0.1) is 13.4 Å². The topological polar surface area (TPSA) is 77.5 Å². The van der Waals surface area contributed by atoms with E-state index in [2.05, 4.69) is 22.6 Å². The summed E-state index contributed by atoms with van der Waals surface area (Å²) in [4.78, 5) is 12.1. The van der Waals surface area contributed by atoms with Crippen LogP contribution in [-0.2, 0) is 6.42 Å². The number of hydrogen-bond donors (Lipinski definition) is 1. The van der Waals surface area contributed by atoms with Gasteiger partial charge in [0.15, 0.2) is 11.5 Å². The minimum atomic E-state index is -0.244. The van der Waals surface area contributed by atoms with Crippen molar-refractivity contribution in [2.24, 2.45) is 0 Å². The molecule has 0 aliphatic rings. The molecular formula is C19H20N2O4. The first kappa shape index (κ1) is 16.8. The molecule has 0 aliphatic heterocycles. The summed E-state index contributed by atoms with van der Waals surface area (Å²) in [6.45, 7) is 0.595. The number of nitrogens with zero attached hydrogens (tertiary/aromatic N) is 1. The van der Waals surface area contributed by atoms with Gasteiger partial charge in [-0.2, -0.15) is 0 Å². The lowest BCUT2D eigenvalue weighted by Crippen LogP contribution is -2.24. The summed E-state index contributed by atoms with van der Waals surface area (Å²) in [6, 6.07) is 13.1. The molecule has 0 unspecified atom stereocenters. The molecule has 3 rings (SSSR count). The van der Waals surface area contributed by atoms with Gasteiger partial charge in [0, 0.05) is 12.6 Å². The number of benzene rings is 1. The van der Waals surface area contributed by atoms with Crippen molar-refractivity contribution in [1.29, 1.82) is 0 Å². The molecule has 0 saturated heterocycles. The number of carbonyl (C=O) groups is 1. The summed E-state index contributed by atoms with van der Waals surface area (Å²) in [5.41, 5.74) is 1.51. The van der Waals surface area contributed by atoms with Crippen LogP contribution in [0.15, 0.2) is 57.7 Å². The van der Waals surface area contributed by atoms with Gasteiger partial charge in [-0.3, -0.25) is 4.79 Å². The van der Waals surface area contributed by atoms with Crippen molar-refractivity contribution in [1.82, 2.24) is 10.5 Å². The summed E-state index contributed by atoms with van der Waals surface area (Å²) < 4.78 is 15.5. The van der Waals surface area contributed by atoms with Crippen molar-refractivity contribution < 1.29 is 18.5 Å². The summed E-state index contributed by atoms with van der Waals surface area (Å²) in [6.07, 6.45) is 4.39. The molecule has 6 heteroatoms. The maximum Gasteiger partial charge on any atom is 0.273 e. The van der Waals surface area contributed by atoms with Crippen LogP contribution in [0.5, 0.6) is 5.75 Å². The number of hydrogen-bond acceptors (Lipinski definition) is 5. The van der Waals surface area contributed by atoms with Gasteiger partial charge in [0.2, 0.25) is 5.76 Å². The average molecular weight is 340 g/mol. The molecule has 1 N–H and O–H groups in total. The van der Waals surface area contributed by atoms with Crippen LogP contribution in [0.2, 0.25) is 0 Å². The predicted molar refractivity (Wildman–Crippen MR) is 92.5 cm³/mol. The second-order valence-corrected chi connectivity index (χ2v) is 5.61. The molecule has 0 aliphatic carbocycles. The number of furan rings is 1. The fourth-order valence-electron chi connectivity index (χ4n) is 2.46. The first-order chi connectivity index (χ1) is 12.3. The number of carbonyl (C=O) groups excluding carboxylic acids is 1. The van der Waals surface area contributed by atoms with Crippen LogP contribution in [0, 0.1) is 0 Å². The number of rotatable bonds is 8. The lowest BCUT2D eigenvalue weighted by atomic mass is 10.1. The first-order valence-electron chi connectivity index (χ1n) is 8.18. The fraction of sp³-hybridized carbons (Fsp3) is 0.263. The van der Waals surface area contributed by atoms with Crippen molar-refractivity contribution in [2.75, 3.05) is 13.7 Å². The van der Waals surface area contributed by atoms with Crippen LogP contribution in [0.1, 0.15) is 28.9 Å². The molecule has 2 aromatic heterocycles. The Balaban J connectivity index is 1.39. The molecular weight excluding hydrogens is 320 g/mol. The van der Waals surface area contributed by atoms with Crippen molar-refractivity contribution >= 4 is 5.91 Å². The lowest BCUT2D eigenvalue weighted by Gasteiger charge is -2.04. The Labute approximate surface area is 145 Å². The molecule has 2 heterocycles. The first-order valence-corrected chi connectivity index (χ1v) is 8.18. The number of nitrogens with one attached hydrogen (secondary N) is 1. The summed E-state index contributed by atoms with van der Waals surface area (Å²) in [5.74, 6) is 1.60. The molecule has 25 heavy (non-hydrogen) atoms. The zero-order chi connectivity index (χ0) is 17.5. The summed E-state index contributed by atoms with van der Waals surface area (Å²) >= 11 is 0. The predicted octanol–water partition coefficient (Wildman–Crippen LogP) is 3.70. The van der Waals surface area contributed by atoms with Gasteiger partial charge in [-0.05, 0) is 49.1 Å². The molecule has 6 nitrogen and oxygen atoms in total. The van der Waals surface area contributed by atoms with Crippen LogP contribution in [-0.4, -0.2) is 24.7 Å². The summed E-state index contributed by atoms with van der Waals surface area (Å²) in [5, 5.41) is 6.63. The molecule has 0 atom stereocenters. The van der Waals surface area contributed by atoms with E-state index in [4.69, 9.17) is 13.7 Å². The molecule has 1 amide bonds. The van der Waals surface area contributed by atoms with Gasteiger partial charge in [0.25, 0.3) is 5.91 Å². The zero-order valence-electron chi connectivity index (χ0n) is 14.0. The van der Waals surface area contributed by atoms with Gasteiger partial charge < -0.3 is 19.0 Å². The highest BCUT2D eigenvalue weighted by molar-refractivity contribution is 5.92. The largest absolute Gasteiger partial charge is 0.497 e. The molecule has 0 fully saturated rings. The van der Waals surface area contributed by atoms with Crippen molar-refractivity contribution in [3.05, 3.63) is 60.0 Å². The molecule has 3 aromatic rings. The summed E-state index contributed by atoms with van der Waals surface area (Å²) in [7, 11) is 1.66. The normalized spacial score (nSPS) is 10.6. The molecule has 0 radical (unpaired) electrons. The minimum absolute atomic E-state index is 0.244. The van der Waals surface area contributed by atoms with E-state index >= 15 is 0 Å². The highest BCUT2D eigenvalue weighted by Gasteiger charge is 2.14. The van der Waals surface area contributed by atoms with Crippen LogP contribution in [0.25, 0.3) is 11.5 Å². The van der Waals surface area contributed by atoms with E-state index in [0.717, 1.165) is 25.0 Å². The third-order valence-electron chi connectivity index (χ3n) is 3.84. The quantitative estimate of drug-likeness (QED) is 0.633. The molecule has 0 bridgehead atoms. The number of aryl methyl sites for hydroxylation is 1. The van der Waals surface area contributed by atoms with Gasteiger partial charge >= 0.3 is 0 Å². The Hall–Kier alpha value is -3.02. The SMILES string of the molecule is COc1ccc(CCCCNC(=O)c2cc(-c3ccco3)on2)cc1. The number of aromatic nitrogens is 1. The molecule has 0 saturated carbocycles. The Morgan fingerprint density at radius 1 is 1.16 bits per heavy atom. The van der Waals surface area contributed by atoms with E-state index < -0.39 is 0 Å². The van der Waals surface area contributed by atoms with E-state index in [0.29, 0.717) is 18.1 Å². The van der Waals surface area contributed by atoms with E-state index in [9.17, 15) is 4.79 Å². The van der Waals surface area contributed by atoms with Gasteiger partial charge in [0.1, 0.15) is 5.75 Å². The van der Waals surface area contributed by atoms with Gasteiger partial charge in [-0.25, -0.2) is 0 Å². The highest BCUT2D eigenvalue weighted by Crippen LogP contribution is 2.20. The second-order valence-electron chi connectivity index (χ2n) is 5.61. The molecule has 130 valence electrons. The van der Waals surface area contributed by atoms with Crippen molar-refractivity contribution in [3.63, 3.8) is 0 Å². The van der Waals surface area contributed by atoms with Gasteiger partial charge in [-0.1, -0.05) is 17.3 Å². The number of methoxy groups -OCH3 is 1. The van der Waals surface area contributed by atoms with Crippen LogP contribution in [0.3, 0.4) is 0 Å². The van der Waals surface area contributed by atoms with Gasteiger partial charge in [-0.15, -0.1) is 0 Å². The second kappa shape index (κ2) is 8.19. The van der Waals surface area contributed by atoms with E-state index in [-0.39, 0.29) is 11.6 Å². The van der Waals surface area contributed by atoms with E-state index in [1.165, 1.54) is 5.56 Å². The maximum absolute atomic E-state index is 12.1. The Bertz CT molecular complexity index is 791. The maximum atomic E-state index is 12.1. The third-order valence-corrected chi connectivity index (χ3v) is 3.84. The van der Waals surface area contributed by atoms with E-state index in [1.54, 1.807) is 31.6 Å². The Morgan fingerprint density at radius 3 is 2.72 bits per heavy atom. The minimum Gasteiger partial charge on any atom is -0.497 e. The van der Waals surface area contributed by atoms with Crippen LogP contribution < -0.4 is 10.1 Å². The third kappa shape index (κ3) is 4.50.